The quantitative estimate of drug-likeness (QED) is 0.842. The number of aryl methyl sites for hydroxylation is 2. The molecule has 0 saturated heterocycles. The maximum atomic E-state index is 13.0. The molecule has 0 heterocycles. The highest BCUT2D eigenvalue weighted by Gasteiger charge is 2.11. The Bertz CT molecular complexity index is 568. The van der Waals surface area contributed by atoms with Gasteiger partial charge in [-0.1, -0.05) is 29.8 Å². The fourth-order valence-electron chi connectivity index (χ4n) is 2.02. The first-order chi connectivity index (χ1) is 9.06. The van der Waals surface area contributed by atoms with Crippen LogP contribution in [0.4, 0.5) is 4.39 Å². The van der Waals surface area contributed by atoms with E-state index in [1.54, 1.807) is 6.07 Å². The number of rotatable bonds is 4. The zero-order valence-corrected chi connectivity index (χ0v) is 11.9. The zero-order chi connectivity index (χ0) is 13.8. The van der Waals surface area contributed by atoms with E-state index in [1.807, 2.05) is 32.0 Å². The number of thioether (sulfide) groups is 1. The topological polar surface area (TPSA) is 20.2 Å². The van der Waals surface area contributed by atoms with Crippen LogP contribution in [0.3, 0.4) is 0 Å². The molecule has 0 saturated carbocycles. The summed E-state index contributed by atoms with van der Waals surface area (Å²) in [6.45, 7) is 4.03. The highest BCUT2D eigenvalue weighted by molar-refractivity contribution is 7.99. The van der Waals surface area contributed by atoms with E-state index in [2.05, 4.69) is 6.07 Å². The number of halogens is 1. The van der Waals surface area contributed by atoms with Crippen LogP contribution in [0.25, 0.3) is 0 Å². The highest BCUT2D eigenvalue weighted by atomic mass is 32.2. The van der Waals surface area contributed by atoms with Gasteiger partial charge in [0.1, 0.15) is 5.82 Å². The minimum atomic E-state index is -0.533. The highest BCUT2D eigenvalue weighted by Crippen LogP contribution is 2.27. The molecule has 0 spiro atoms. The first-order valence-electron chi connectivity index (χ1n) is 6.20. The third-order valence-corrected chi connectivity index (χ3v) is 4.06. The van der Waals surface area contributed by atoms with E-state index in [0.29, 0.717) is 5.75 Å². The molecule has 1 atom stereocenters. The summed E-state index contributed by atoms with van der Waals surface area (Å²) in [6, 6.07) is 12.5. The lowest BCUT2D eigenvalue weighted by atomic mass is 10.0. The van der Waals surface area contributed by atoms with Crippen molar-refractivity contribution in [2.45, 2.75) is 24.8 Å². The van der Waals surface area contributed by atoms with Gasteiger partial charge in [0.05, 0.1) is 6.10 Å². The van der Waals surface area contributed by atoms with E-state index in [9.17, 15) is 9.50 Å². The van der Waals surface area contributed by atoms with Crippen LogP contribution in [0.15, 0.2) is 47.4 Å². The molecule has 100 valence electrons. The summed E-state index contributed by atoms with van der Waals surface area (Å²) in [6.07, 6.45) is -0.533. The van der Waals surface area contributed by atoms with Gasteiger partial charge in [0, 0.05) is 10.6 Å². The molecule has 0 aliphatic rings. The minimum absolute atomic E-state index is 0.244. The van der Waals surface area contributed by atoms with Crippen molar-refractivity contribution in [1.29, 1.82) is 0 Å². The lowest BCUT2D eigenvalue weighted by Gasteiger charge is -2.14. The third kappa shape index (κ3) is 3.82. The van der Waals surface area contributed by atoms with Crippen molar-refractivity contribution in [2.24, 2.45) is 0 Å². The van der Waals surface area contributed by atoms with Crippen molar-refractivity contribution in [1.82, 2.24) is 0 Å². The van der Waals surface area contributed by atoms with Crippen LogP contribution in [-0.4, -0.2) is 10.9 Å². The first kappa shape index (κ1) is 14.1. The van der Waals surface area contributed by atoms with Crippen LogP contribution >= 0.6 is 11.8 Å². The fraction of sp³-hybridized carbons (Fsp3) is 0.250. The molecule has 0 fully saturated rings. The Balaban J connectivity index is 2.03. The van der Waals surface area contributed by atoms with Crippen molar-refractivity contribution in [3.8, 4) is 0 Å². The summed E-state index contributed by atoms with van der Waals surface area (Å²) >= 11 is 1.46. The molecule has 0 aliphatic heterocycles. The molecule has 2 aromatic carbocycles. The lowest BCUT2D eigenvalue weighted by molar-refractivity contribution is 0.203. The van der Waals surface area contributed by atoms with Crippen molar-refractivity contribution < 1.29 is 9.50 Å². The van der Waals surface area contributed by atoms with E-state index in [4.69, 9.17) is 0 Å². The largest absolute Gasteiger partial charge is 0.388 e. The van der Waals surface area contributed by atoms with E-state index < -0.39 is 6.10 Å². The van der Waals surface area contributed by atoms with Crippen molar-refractivity contribution in [3.63, 3.8) is 0 Å². The average molecular weight is 276 g/mol. The normalized spacial score (nSPS) is 12.4. The second kappa shape index (κ2) is 6.22. The zero-order valence-electron chi connectivity index (χ0n) is 11.1. The number of aliphatic hydroxyl groups is 1. The van der Waals surface area contributed by atoms with E-state index in [-0.39, 0.29) is 5.82 Å². The summed E-state index contributed by atoms with van der Waals surface area (Å²) in [5.41, 5.74) is 3.22. The molecule has 1 unspecified atom stereocenters. The van der Waals surface area contributed by atoms with Crippen molar-refractivity contribution >= 4 is 11.8 Å². The Hall–Kier alpha value is -1.32. The van der Waals surface area contributed by atoms with Gasteiger partial charge in [-0.25, -0.2) is 4.39 Å². The van der Waals surface area contributed by atoms with Gasteiger partial charge in [-0.05, 0) is 43.2 Å². The van der Waals surface area contributed by atoms with Gasteiger partial charge in [-0.3, -0.25) is 0 Å². The fourth-order valence-corrected chi connectivity index (χ4v) is 2.92. The molecule has 0 aromatic heterocycles. The van der Waals surface area contributed by atoms with Gasteiger partial charge in [-0.2, -0.15) is 0 Å². The van der Waals surface area contributed by atoms with Crippen molar-refractivity contribution in [3.05, 3.63) is 65.0 Å². The lowest BCUT2D eigenvalue weighted by Crippen LogP contribution is -2.03. The van der Waals surface area contributed by atoms with Crippen LogP contribution in [0.2, 0.25) is 0 Å². The molecule has 1 nitrogen and oxygen atoms in total. The number of hydrogen-bond donors (Lipinski definition) is 1. The molecule has 0 radical (unpaired) electrons. The van der Waals surface area contributed by atoms with Crippen molar-refractivity contribution in [2.75, 3.05) is 5.75 Å². The van der Waals surface area contributed by atoms with E-state index in [0.717, 1.165) is 16.0 Å². The monoisotopic (exact) mass is 276 g/mol. The Morgan fingerprint density at radius 2 is 1.95 bits per heavy atom. The van der Waals surface area contributed by atoms with Gasteiger partial charge in [0.15, 0.2) is 0 Å². The second-order valence-electron chi connectivity index (χ2n) is 4.64. The van der Waals surface area contributed by atoms with Gasteiger partial charge < -0.3 is 5.11 Å². The maximum absolute atomic E-state index is 13.0. The molecule has 2 aromatic rings. The standard InChI is InChI=1S/C16H17FOS/c1-11-6-7-15(12(2)8-11)16(18)10-19-14-5-3-4-13(17)9-14/h3-9,16,18H,10H2,1-2H3. The van der Waals surface area contributed by atoms with Gasteiger partial charge >= 0.3 is 0 Å². The summed E-state index contributed by atoms with van der Waals surface area (Å²) < 4.78 is 13.0. The molecule has 1 N–H and O–H groups in total. The Morgan fingerprint density at radius 1 is 1.16 bits per heavy atom. The van der Waals surface area contributed by atoms with Gasteiger partial charge in [0.2, 0.25) is 0 Å². The average Bonchev–Trinajstić information content (AvgIpc) is 2.36. The van der Waals surface area contributed by atoms with Crippen LogP contribution < -0.4 is 0 Å². The molecule has 0 aliphatic carbocycles. The van der Waals surface area contributed by atoms with Gasteiger partial charge in [0.25, 0.3) is 0 Å². The summed E-state index contributed by atoms with van der Waals surface area (Å²) in [5, 5.41) is 10.2. The van der Waals surface area contributed by atoms with Crippen LogP contribution in [-0.2, 0) is 0 Å². The molecule has 19 heavy (non-hydrogen) atoms. The molecule has 0 bridgehead atoms. The second-order valence-corrected chi connectivity index (χ2v) is 5.74. The van der Waals surface area contributed by atoms with Gasteiger partial charge in [-0.15, -0.1) is 11.8 Å². The molecule has 0 amide bonds. The Labute approximate surface area is 117 Å². The predicted octanol–water partition coefficient (Wildman–Crippen LogP) is 4.27. The molecule has 3 heteroatoms. The molecular formula is C16H17FOS. The number of hydrogen-bond acceptors (Lipinski definition) is 2. The minimum Gasteiger partial charge on any atom is -0.388 e. The van der Waals surface area contributed by atoms with Crippen LogP contribution in [0.5, 0.6) is 0 Å². The summed E-state index contributed by atoms with van der Waals surface area (Å²) in [5.74, 6) is 0.277. The Kier molecular flexibility index (Phi) is 4.61. The summed E-state index contributed by atoms with van der Waals surface area (Å²) in [7, 11) is 0. The smallest absolute Gasteiger partial charge is 0.124 e. The third-order valence-electron chi connectivity index (χ3n) is 2.99. The number of aliphatic hydroxyl groups excluding tert-OH is 1. The molecule has 2 rings (SSSR count). The predicted molar refractivity (Wildman–Crippen MR) is 78.0 cm³/mol. The van der Waals surface area contributed by atoms with E-state index in [1.165, 1.54) is 29.5 Å². The van der Waals surface area contributed by atoms with Crippen LogP contribution in [0, 0.1) is 19.7 Å². The summed E-state index contributed by atoms with van der Waals surface area (Å²) in [4.78, 5) is 0.837. The maximum Gasteiger partial charge on any atom is 0.124 e. The SMILES string of the molecule is Cc1ccc(C(O)CSc2cccc(F)c2)c(C)c1. The van der Waals surface area contributed by atoms with Crippen LogP contribution in [0.1, 0.15) is 22.8 Å². The van der Waals surface area contributed by atoms with E-state index >= 15 is 0 Å². The Morgan fingerprint density at radius 3 is 2.63 bits per heavy atom. The number of benzene rings is 2. The molecular weight excluding hydrogens is 259 g/mol. The first-order valence-corrected chi connectivity index (χ1v) is 7.18.